The van der Waals surface area contributed by atoms with Gasteiger partial charge < -0.3 is 9.47 Å². The average Bonchev–Trinajstić information content (AvgIpc) is 2.87. The van der Waals surface area contributed by atoms with Crippen LogP contribution in [0.2, 0.25) is 0 Å². The van der Waals surface area contributed by atoms with Crippen molar-refractivity contribution in [2.24, 2.45) is 10.8 Å². The Bertz CT molecular complexity index is 1020. The average molecular weight is 423 g/mol. The van der Waals surface area contributed by atoms with E-state index in [9.17, 15) is 4.79 Å². The smallest absolute Gasteiger partial charge is 0.338 e. The second-order valence-corrected chi connectivity index (χ2v) is 9.93. The first-order valence-electron chi connectivity index (χ1n) is 10.5. The fourth-order valence-corrected chi connectivity index (χ4v) is 5.21. The van der Waals surface area contributed by atoms with Crippen LogP contribution in [0.4, 0.5) is 0 Å². The number of benzene rings is 2. The number of methoxy groups -OCH3 is 1. The highest BCUT2D eigenvalue weighted by molar-refractivity contribution is 6.21. The molecule has 0 aromatic heterocycles. The van der Waals surface area contributed by atoms with Gasteiger partial charge in [-0.3, -0.25) is 0 Å². The van der Waals surface area contributed by atoms with E-state index >= 15 is 0 Å². The summed E-state index contributed by atoms with van der Waals surface area (Å²) in [6, 6.07) is 17.4. The predicted octanol–water partition coefficient (Wildman–Crippen LogP) is 5.36. The standard InChI is InChI=1S/C26H30O5/c1-23(2,3)26-24(4,5)17-29-25(26,30-31-26)20-14-10-13-19(16-20)21(22(27)28-6)15-18-11-8-7-9-12-18/h7-16H,17H2,1-6H3/b21-15+. The minimum atomic E-state index is -1.04. The molecule has 0 N–H and O–H groups in total. The second kappa shape index (κ2) is 7.30. The Morgan fingerprint density at radius 3 is 2.32 bits per heavy atom. The van der Waals surface area contributed by atoms with E-state index in [1.165, 1.54) is 7.11 Å². The van der Waals surface area contributed by atoms with Crippen molar-refractivity contribution < 1.29 is 24.0 Å². The molecule has 2 atom stereocenters. The summed E-state index contributed by atoms with van der Waals surface area (Å²) in [6.07, 6.45) is 1.83. The van der Waals surface area contributed by atoms with E-state index in [2.05, 4.69) is 34.6 Å². The van der Waals surface area contributed by atoms with Crippen LogP contribution in [0, 0.1) is 10.8 Å². The second-order valence-electron chi connectivity index (χ2n) is 9.93. The van der Waals surface area contributed by atoms with Crippen LogP contribution in [0.1, 0.15) is 51.3 Å². The third kappa shape index (κ3) is 3.06. The van der Waals surface area contributed by atoms with Gasteiger partial charge in [-0.05, 0) is 23.3 Å². The zero-order valence-corrected chi connectivity index (χ0v) is 19.0. The van der Waals surface area contributed by atoms with Crippen molar-refractivity contribution in [3.63, 3.8) is 0 Å². The van der Waals surface area contributed by atoms with Gasteiger partial charge in [-0.1, -0.05) is 83.1 Å². The maximum absolute atomic E-state index is 12.7. The predicted molar refractivity (Wildman–Crippen MR) is 119 cm³/mol. The molecular weight excluding hydrogens is 392 g/mol. The molecule has 0 bridgehead atoms. The minimum Gasteiger partial charge on any atom is -0.465 e. The zero-order valence-electron chi connectivity index (χ0n) is 19.0. The van der Waals surface area contributed by atoms with E-state index in [1.54, 1.807) is 0 Å². The molecule has 2 heterocycles. The summed E-state index contributed by atoms with van der Waals surface area (Å²) in [4.78, 5) is 24.3. The van der Waals surface area contributed by atoms with Gasteiger partial charge in [-0.15, -0.1) is 0 Å². The SMILES string of the molecule is COC(=O)/C(=C/c1ccccc1)c1cccc(C23OCC(C)(C)C2(C(C)(C)C)OO3)c1. The summed E-state index contributed by atoms with van der Waals surface area (Å²) in [5.41, 5.74) is 1.72. The maximum Gasteiger partial charge on any atom is 0.338 e. The number of carbonyl (C=O) groups excluding carboxylic acids is 1. The topological polar surface area (TPSA) is 54.0 Å². The molecule has 5 nitrogen and oxygen atoms in total. The fourth-order valence-electron chi connectivity index (χ4n) is 5.21. The number of ether oxygens (including phenoxy) is 2. The molecular formula is C26H30O5. The molecule has 4 rings (SSSR count). The third-order valence-corrected chi connectivity index (χ3v) is 6.46. The summed E-state index contributed by atoms with van der Waals surface area (Å²) in [5, 5.41) is 0. The Kier molecular flexibility index (Phi) is 5.12. The fraction of sp³-hybridized carbons (Fsp3) is 0.423. The molecule has 31 heavy (non-hydrogen) atoms. The summed E-state index contributed by atoms with van der Waals surface area (Å²) >= 11 is 0. The molecule has 2 saturated heterocycles. The summed E-state index contributed by atoms with van der Waals surface area (Å²) in [7, 11) is 1.39. The van der Waals surface area contributed by atoms with E-state index < -0.39 is 17.4 Å². The number of hydrogen-bond acceptors (Lipinski definition) is 5. The zero-order chi connectivity index (χ0) is 22.5. The first-order chi connectivity index (χ1) is 14.6. The molecule has 0 radical (unpaired) electrons. The highest BCUT2D eigenvalue weighted by atomic mass is 17.3. The van der Waals surface area contributed by atoms with Crippen LogP contribution in [0.15, 0.2) is 54.6 Å². The first kappa shape index (κ1) is 21.8. The molecule has 2 aromatic carbocycles. The lowest BCUT2D eigenvalue weighted by atomic mass is 9.57. The summed E-state index contributed by atoms with van der Waals surface area (Å²) < 4.78 is 11.4. The van der Waals surface area contributed by atoms with Crippen LogP contribution in [0.25, 0.3) is 11.6 Å². The molecule has 0 amide bonds. The van der Waals surface area contributed by atoms with E-state index in [0.29, 0.717) is 12.2 Å². The Morgan fingerprint density at radius 1 is 1.03 bits per heavy atom. The largest absolute Gasteiger partial charge is 0.465 e. The lowest BCUT2D eigenvalue weighted by Gasteiger charge is -2.61. The van der Waals surface area contributed by atoms with E-state index in [4.69, 9.17) is 19.2 Å². The summed E-state index contributed by atoms with van der Waals surface area (Å²) in [5.74, 6) is -1.45. The molecule has 2 unspecified atom stereocenters. The number of esters is 1. The van der Waals surface area contributed by atoms with Crippen LogP contribution >= 0.6 is 0 Å². The van der Waals surface area contributed by atoms with Crippen molar-refractivity contribution in [2.45, 2.75) is 46.0 Å². The van der Waals surface area contributed by atoms with Crippen LogP contribution in [-0.2, 0) is 29.8 Å². The number of carbonyl (C=O) groups is 1. The monoisotopic (exact) mass is 422 g/mol. The van der Waals surface area contributed by atoms with Gasteiger partial charge in [0.1, 0.15) is 0 Å². The quantitative estimate of drug-likeness (QED) is 0.287. The van der Waals surface area contributed by atoms with Crippen molar-refractivity contribution in [1.29, 1.82) is 0 Å². The highest BCUT2D eigenvalue weighted by Gasteiger charge is 2.81. The molecule has 0 aliphatic carbocycles. The highest BCUT2D eigenvalue weighted by Crippen LogP contribution is 2.69. The van der Waals surface area contributed by atoms with Crippen molar-refractivity contribution in [2.75, 3.05) is 13.7 Å². The van der Waals surface area contributed by atoms with Crippen molar-refractivity contribution in [1.82, 2.24) is 0 Å². The lowest BCUT2D eigenvalue weighted by molar-refractivity contribution is -0.626. The van der Waals surface area contributed by atoms with Gasteiger partial charge in [0.05, 0.1) is 19.3 Å². The van der Waals surface area contributed by atoms with Crippen molar-refractivity contribution >= 4 is 17.6 Å². The Hall–Kier alpha value is -2.47. The van der Waals surface area contributed by atoms with Crippen LogP contribution < -0.4 is 0 Å². The van der Waals surface area contributed by atoms with Gasteiger partial charge in [0.2, 0.25) is 0 Å². The van der Waals surface area contributed by atoms with Gasteiger partial charge in [-0.2, -0.15) is 4.89 Å². The van der Waals surface area contributed by atoms with Crippen LogP contribution in [-0.4, -0.2) is 25.3 Å². The lowest BCUT2D eigenvalue weighted by Crippen LogP contribution is -2.73. The molecule has 5 heteroatoms. The van der Waals surface area contributed by atoms with Gasteiger partial charge in [0.15, 0.2) is 5.60 Å². The van der Waals surface area contributed by atoms with Gasteiger partial charge >= 0.3 is 5.97 Å². The van der Waals surface area contributed by atoms with E-state index in [1.807, 2.05) is 60.7 Å². The van der Waals surface area contributed by atoms with Crippen molar-refractivity contribution in [3.8, 4) is 0 Å². The summed E-state index contributed by atoms with van der Waals surface area (Å²) in [6.45, 7) is 11.2. The minimum absolute atomic E-state index is 0.258. The maximum atomic E-state index is 12.7. The number of fused-ring (bicyclic) bond motifs is 1. The van der Waals surface area contributed by atoms with Crippen molar-refractivity contribution in [3.05, 3.63) is 71.3 Å². The van der Waals surface area contributed by atoms with Crippen LogP contribution in [0.5, 0.6) is 0 Å². The molecule has 2 fully saturated rings. The Morgan fingerprint density at radius 2 is 1.74 bits per heavy atom. The number of hydrogen-bond donors (Lipinski definition) is 0. The normalized spacial score (nSPS) is 27.4. The first-order valence-corrected chi connectivity index (χ1v) is 10.5. The van der Waals surface area contributed by atoms with Gasteiger partial charge in [0, 0.05) is 16.4 Å². The van der Waals surface area contributed by atoms with Crippen LogP contribution in [0.3, 0.4) is 0 Å². The molecule has 2 aliphatic rings. The van der Waals surface area contributed by atoms with E-state index in [-0.39, 0.29) is 10.8 Å². The van der Waals surface area contributed by atoms with Gasteiger partial charge in [-0.25, -0.2) is 9.68 Å². The Balaban J connectivity index is 1.83. The van der Waals surface area contributed by atoms with E-state index in [0.717, 1.165) is 16.7 Å². The Labute approximate surface area is 183 Å². The molecule has 2 aliphatic heterocycles. The number of rotatable bonds is 4. The molecule has 0 spiro atoms. The third-order valence-electron chi connectivity index (χ3n) is 6.46. The molecule has 164 valence electrons. The molecule has 0 saturated carbocycles. The molecule has 2 aromatic rings. The van der Waals surface area contributed by atoms with Gasteiger partial charge in [0.25, 0.3) is 5.79 Å².